The lowest BCUT2D eigenvalue weighted by atomic mass is 9.94. The van der Waals surface area contributed by atoms with Crippen LogP contribution in [-0.4, -0.2) is 10.5 Å². The number of furan rings is 1. The predicted molar refractivity (Wildman–Crippen MR) is 95.3 cm³/mol. The van der Waals surface area contributed by atoms with E-state index in [1.807, 2.05) is 32.9 Å². The van der Waals surface area contributed by atoms with Crippen LogP contribution >= 0.6 is 0 Å². The van der Waals surface area contributed by atoms with Crippen molar-refractivity contribution in [2.75, 3.05) is 0 Å². The molecule has 0 fully saturated rings. The number of nitrogens with zero attached hydrogens (tertiary/aromatic N) is 1. The maximum Gasteiger partial charge on any atom is 0.433 e. The standard InChI is InChI=1S/C19H15NO6/c1-10-8-16(21)25-14-9-12(13-4-5-15(24-13)20(22)23)11-6-7-19(2,3)26-18(11)17(10)14/h4-9H,1-3H3. The molecule has 0 saturated heterocycles. The quantitative estimate of drug-likeness (QED) is 0.383. The number of rotatable bonds is 2. The molecule has 1 aliphatic heterocycles. The van der Waals surface area contributed by atoms with Gasteiger partial charge < -0.3 is 13.6 Å². The maximum atomic E-state index is 11.8. The van der Waals surface area contributed by atoms with Crippen molar-refractivity contribution in [1.29, 1.82) is 0 Å². The van der Waals surface area contributed by atoms with Crippen LogP contribution < -0.4 is 10.4 Å². The molecule has 7 heteroatoms. The summed E-state index contributed by atoms with van der Waals surface area (Å²) < 4.78 is 16.9. The minimum atomic E-state index is -0.600. The van der Waals surface area contributed by atoms with E-state index in [1.165, 1.54) is 18.2 Å². The Kier molecular flexibility index (Phi) is 3.30. The Morgan fingerprint density at radius 1 is 1.15 bits per heavy atom. The van der Waals surface area contributed by atoms with Gasteiger partial charge in [-0.05, 0) is 44.5 Å². The van der Waals surface area contributed by atoms with Crippen LogP contribution in [0.5, 0.6) is 5.75 Å². The summed E-state index contributed by atoms with van der Waals surface area (Å²) in [6, 6.07) is 5.86. The van der Waals surface area contributed by atoms with Crippen LogP contribution in [0, 0.1) is 17.0 Å². The third-order valence-corrected chi connectivity index (χ3v) is 4.28. The number of hydrogen-bond acceptors (Lipinski definition) is 6. The Balaban J connectivity index is 2.08. The van der Waals surface area contributed by atoms with Gasteiger partial charge in [-0.3, -0.25) is 10.1 Å². The van der Waals surface area contributed by atoms with Crippen LogP contribution in [0.3, 0.4) is 0 Å². The van der Waals surface area contributed by atoms with E-state index in [0.29, 0.717) is 28.0 Å². The summed E-state index contributed by atoms with van der Waals surface area (Å²) in [4.78, 5) is 22.1. The molecule has 132 valence electrons. The molecule has 1 aromatic carbocycles. The zero-order chi connectivity index (χ0) is 18.6. The molecule has 7 nitrogen and oxygen atoms in total. The number of benzene rings is 1. The molecule has 1 aliphatic rings. The van der Waals surface area contributed by atoms with E-state index in [4.69, 9.17) is 13.6 Å². The summed E-state index contributed by atoms with van der Waals surface area (Å²) in [6.45, 7) is 5.64. The van der Waals surface area contributed by atoms with Gasteiger partial charge >= 0.3 is 11.5 Å². The summed E-state index contributed by atoms with van der Waals surface area (Å²) >= 11 is 0. The minimum absolute atomic E-state index is 0.298. The summed E-state index contributed by atoms with van der Waals surface area (Å²) in [5.74, 6) is 0.498. The molecule has 2 aromatic heterocycles. The zero-order valence-corrected chi connectivity index (χ0v) is 14.4. The molecule has 0 unspecified atom stereocenters. The molecular weight excluding hydrogens is 338 g/mol. The normalized spacial score (nSPS) is 14.9. The van der Waals surface area contributed by atoms with Gasteiger partial charge in [0.2, 0.25) is 0 Å². The number of nitro groups is 1. The van der Waals surface area contributed by atoms with Gasteiger partial charge in [-0.25, -0.2) is 4.79 Å². The maximum absolute atomic E-state index is 11.8. The number of aryl methyl sites for hydroxylation is 1. The lowest BCUT2D eigenvalue weighted by Crippen LogP contribution is -2.28. The van der Waals surface area contributed by atoms with Gasteiger partial charge in [0.15, 0.2) is 0 Å². The molecule has 0 saturated carbocycles. The van der Waals surface area contributed by atoms with E-state index in [1.54, 1.807) is 6.07 Å². The number of fused-ring (bicyclic) bond motifs is 3. The monoisotopic (exact) mass is 353 g/mol. The van der Waals surface area contributed by atoms with E-state index in [9.17, 15) is 14.9 Å². The van der Waals surface area contributed by atoms with Crippen molar-refractivity contribution in [3.05, 3.63) is 62.0 Å². The summed E-state index contributed by atoms with van der Waals surface area (Å²) in [7, 11) is 0. The molecule has 4 rings (SSSR count). The Hall–Kier alpha value is -3.35. The van der Waals surface area contributed by atoms with Gasteiger partial charge in [-0.15, -0.1) is 0 Å². The second-order valence-corrected chi connectivity index (χ2v) is 6.72. The Morgan fingerprint density at radius 3 is 2.62 bits per heavy atom. The predicted octanol–water partition coefficient (Wildman–Crippen LogP) is 4.45. The van der Waals surface area contributed by atoms with Gasteiger partial charge in [0.1, 0.15) is 27.6 Å². The van der Waals surface area contributed by atoms with Gasteiger partial charge in [0.05, 0.1) is 11.5 Å². The van der Waals surface area contributed by atoms with Crippen molar-refractivity contribution in [2.45, 2.75) is 26.4 Å². The minimum Gasteiger partial charge on any atom is -0.482 e. The summed E-state index contributed by atoms with van der Waals surface area (Å²) in [5, 5.41) is 11.6. The second-order valence-electron chi connectivity index (χ2n) is 6.72. The fraction of sp³-hybridized carbons (Fsp3) is 0.211. The highest BCUT2D eigenvalue weighted by Crippen LogP contribution is 2.44. The summed E-state index contributed by atoms with van der Waals surface area (Å²) in [5.41, 5.74) is 1.33. The zero-order valence-electron chi connectivity index (χ0n) is 14.4. The van der Waals surface area contributed by atoms with Crippen molar-refractivity contribution in [3.63, 3.8) is 0 Å². The molecule has 0 aliphatic carbocycles. The average molecular weight is 353 g/mol. The number of ether oxygens (including phenoxy) is 1. The number of hydrogen-bond donors (Lipinski definition) is 0. The van der Waals surface area contributed by atoms with Gasteiger partial charge in [-0.1, -0.05) is 6.08 Å². The molecule has 0 amide bonds. The molecule has 0 spiro atoms. The van der Waals surface area contributed by atoms with E-state index in [-0.39, 0.29) is 5.88 Å². The fourth-order valence-corrected chi connectivity index (χ4v) is 3.12. The third-order valence-electron chi connectivity index (χ3n) is 4.28. The lowest BCUT2D eigenvalue weighted by molar-refractivity contribution is -0.401. The van der Waals surface area contributed by atoms with Crippen molar-refractivity contribution in [2.24, 2.45) is 0 Å². The Labute approximate surface area is 147 Å². The van der Waals surface area contributed by atoms with Crippen LogP contribution in [0.25, 0.3) is 28.4 Å². The SMILES string of the molecule is Cc1cc(=O)oc2cc(-c3ccc([N+](=O)[O-])o3)c3c(c12)OC(C)(C)C=C3. The average Bonchev–Trinajstić information content (AvgIpc) is 3.02. The highest BCUT2D eigenvalue weighted by molar-refractivity contribution is 5.97. The summed E-state index contributed by atoms with van der Waals surface area (Å²) in [6.07, 6.45) is 3.79. The van der Waals surface area contributed by atoms with Crippen LogP contribution in [0.2, 0.25) is 0 Å². The van der Waals surface area contributed by atoms with Gasteiger partial charge in [-0.2, -0.15) is 0 Å². The third kappa shape index (κ3) is 2.48. The molecule has 0 atom stereocenters. The van der Waals surface area contributed by atoms with Crippen LogP contribution in [0.1, 0.15) is 25.0 Å². The van der Waals surface area contributed by atoms with Crippen LogP contribution in [0.15, 0.2) is 44.0 Å². The first-order chi connectivity index (χ1) is 12.2. The lowest BCUT2D eigenvalue weighted by Gasteiger charge is -2.29. The van der Waals surface area contributed by atoms with E-state index < -0.39 is 16.1 Å². The highest BCUT2D eigenvalue weighted by Gasteiger charge is 2.28. The smallest absolute Gasteiger partial charge is 0.433 e. The first-order valence-corrected chi connectivity index (χ1v) is 7.99. The fourth-order valence-electron chi connectivity index (χ4n) is 3.12. The van der Waals surface area contributed by atoms with Gasteiger partial charge in [0, 0.05) is 17.2 Å². The molecule has 0 bridgehead atoms. The molecule has 0 radical (unpaired) electrons. The molecule has 26 heavy (non-hydrogen) atoms. The Bertz CT molecular complexity index is 1150. The Morgan fingerprint density at radius 2 is 1.92 bits per heavy atom. The van der Waals surface area contributed by atoms with E-state index in [2.05, 4.69) is 0 Å². The first kappa shape index (κ1) is 16.1. The molecular formula is C19H15NO6. The topological polar surface area (TPSA) is 95.7 Å². The van der Waals surface area contributed by atoms with Crippen molar-refractivity contribution < 1.29 is 18.5 Å². The second kappa shape index (κ2) is 5.32. The highest BCUT2D eigenvalue weighted by atomic mass is 16.6. The van der Waals surface area contributed by atoms with Crippen molar-refractivity contribution in [3.8, 4) is 17.1 Å². The van der Waals surface area contributed by atoms with E-state index in [0.717, 1.165) is 11.1 Å². The van der Waals surface area contributed by atoms with E-state index >= 15 is 0 Å². The van der Waals surface area contributed by atoms with Crippen molar-refractivity contribution in [1.82, 2.24) is 0 Å². The first-order valence-electron chi connectivity index (χ1n) is 7.99. The molecule has 3 aromatic rings. The largest absolute Gasteiger partial charge is 0.482 e. The molecule has 3 heterocycles. The van der Waals surface area contributed by atoms with Crippen molar-refractivity contribution >= 4 is 22.9 Å². The van der Waals surface area contributed by atoms with Crippen LogP contribution in [0.4, 0.5) is 5.88 Å². The van der Waals surface area contributed by atoms with Crippen LogP contribution in [-0.2, 0) is 0 Å². The van der Waals surface area contributed by atoms with Gasteiger partial charge in [0.25, 0.3) is 0 Å². The molecule has 0 N–H and O–H groups in total.